The zero-order valence-corrected chi connectivity index (χ0v) is 15.4. The maximum absolute atomic E-state index is 12.3. The third kappa shape index (κ3) is 3.96. The number of rotatable bonds is 4. The van der Waals surface area contributed by atoms with Crippen molar-refractivity contribution in [1.82, 2.24) is 25.3 Å². The number of aromatic nitrogens is 4. The highest BCUT2D eigenvalue weighted by Crippen LogP contribution is 2.21. The quantitative estimate of drug-likeness (QED) is 0.786. The van der Waals surface area contributed by atoms with Crippen LogP contribution in [0.2, 0.25) is 0 Å². The largest absolute Gasteiger partial charge is 0.347 e. The standard InChI is InChI=1S/C20H22N5O/c1-14-11-16(15-7-9-21-10-8-15)5-6-17(14)12-22-19(26)18-13-25(24-23-18)20(2,3)4/h5-7,9-11,13H,12H2,1-4H3,(H,22,26). The molecule has 0 bridgehead atoms. The van der Waals surface area contributed by atoms with Crippen LogP contribution in [-0.4, -0.2) is 25.9 Å². The molecule has 1 radical (unpaired) electrons. The van der Waals surface area contributed by atoms with Crippen LogP contribution in [0, 0.1) is 13.0 Å². The molecule has 0 saturated heterocycles. The highest BCUT2D eigenvalue weighted by atomic mass is 16.2. The molecular weight excluding hydrogens is 326 g/mol. The molecule has 2 heterocycles. The predicted molar refractivity (Wildman–Crippen MR) is 99.4 cm³/mol. The molecule has 0 aliphatic heterocycles. The Balaban J connectivity index is 1.68. The second-order valence-electron chi connectivity index (χ2n) is 7.20. The first-order valence-corrected chi connectivity index (χ1v) is 8.47. The second-order valence-corrected chi connectivity index (χ2v) is 7.20. The fourth-order valence-electron chi connectivity index (χ4n) is 2.52. The van der Waals surface area contributed by atoms with E-state index in [0.29, 0.717) is 12.2 Å². The molecule has 6 nitrogen and oxygen atoms in total. The Morgan fingerprint density at radius 3 is 2.69 bits per heavy atom. The van der Waals surface area contributed by atoms with E-state index in [0.717, 1.165) is 22.3 Å². The van der Waals surface area contributed by atoms with E-state index in [1.807, 2.05) is 45.9 Å². The highest BCUT2D eigenvalue weighted by Gasteiger charge is 2.18. The van der Waals surface area contributed by atoms with Crippen LogP contribution in [0.3, 0.4) is 0 Å². The lowest BCUT2D eigenvalue weighted by atomic mass is 10.0. The molecule has 1 N–H and O–H groups in total. The van der Waals surface area contributed by atoms with Gasteiger partial charge in [-0.15, -0.1) is 5.10 Å². The maximum atomic E-state index is 12.3. The number of hydrogen-bond acceptors (Lipinski definition) is 4. The van der Waals surface area contributed by atoms with Crippen molar-refractivity contribution < 1.29 is 4.79 Å². The van der Waals surface area contributed by atoms with Crippen LogP contribution in [0.25, 0.3) is 11.1 Å². The number of carbonyl (C=O) groups is 1. The van der Waals surface area contributed by atoms with Crippen molar-refractivity contribution in [2.24, 2.45) is 0 Å². The van der Waals surface area contributed by atoms with Gasteiger partial charge in [-0.2, -0.15) is 0 Å². The van der Waals surface area contributed by atoms with Gasteiger partial charge >= 0.3 is 0 Å². The number of carbonyl (C=O) groups excluding carboxylic acids is 1. The predicted octanol–water partition coefficient (Wildman–Crippen LogP) is 3.13. The molecule has 2 aromatic heterocycles. The van der Waals surface area contributed by atoms with Crippen LogP contribution in [0.5, 0.6) is 0 Å². The van der Waals surface area contributed by atoms with Gasteiger partial charge in [0, 0.05) is 25.0 Å². The number of pyridine rings is 1. The average Bonchev–Trinajstić information content (AvgIpc) is 3.12. The van der Waals surface area contributed by atoms with Crippen LogP contribution < -0.4 is 5.32 Å². The maximum Gasteiger partial charge on any atom is 0.273 e. The molecule has 0 saturated carbocycles. The summed E-state index contributed by atoms with van der Waals surface area (Å²) in [6, 6.07) is 11.2. The zero-order chi connectivity index (χ0) is 18.7. The molecule has 0 aliphatic carbocycles. The van der Waals surface area contributed by atoms with Crippen LogP contribution in [0.4, 0.5) is 0 Å². The molecule has 3 aromatic rings. The van der Waals surface area contributed by atoms with Gasteiger partial charge in [0.15, 0.2) is 5.69 Å². The third-order valence-corrected chi connectivity index (χ3v) is 4.13. The molecule has 133 valence electrons. The van der Waals surface area contributed by atoms with Crippen LogP contribution in [0.15, 0.2) is 42.9 Å². The fraction of sp³-hybridized carbons (Fsp3) is 0.300. The Kier molecular flexibility index (Phi) is 4.84. The molecule has 26 heavy (non-hydrogen) atoms. The summed E-state index contributed by atoms with van der Waals surface area (Å²) >= 11 is 0. The molecule has 1 amide bonds. The molecule has 0 aliphatic rings. The molecule has 0 unspecified atom stereocenters. The van der Waals surface area contributed by atoms with Gasteiger partial charge in [0.2, 0.25) is 0 Å². The Hall–Kier alpha value is -3.02. The fourth-order valence-corrected chi connectivity index (χ4v) is 2.52. The minimum atomic E-state index is -0.230. The van der Waals surface area contributed by atoms with Crippen molar-refractivity contribution >= 4 is 5.91 Å². The number of amides is 1. The number of benzene rings is 1. The topological polar surface area (TPSA) is 72.7 Å². The summed E-state index contributed by atoms with van der Waals surface area (Å²) in [6.45, 7) is 8.49. The minimum Gasteiger partial charge on any atom is -0.347 e. The van der Waals surface area contributed by atoms with Crippen molar-refractivity contribution in [3.8, 4) is 11.1 Å². The molecule has 6 heteroatoms. The van der Waals surface area contributed by atoms with Crippen LogP contribution in [0.1, 0.15) is 42.4 Å². The van der Waals surface area contributed by atoms with E-state index in [1.54, 1.807) is 23.3 Å². The Morgan fingerprint density at radius 1 is 1.27 bits per heavy atom. The van der Waals surface area contributed by atoms with E-state index in [4.69, 9.17) is 0 Å². The number of nitrogens with zero attached hydrogens (tertiary/aromatic N) is 4. The van der Waals surface area contributed by atoms with Crippen molar-refractivity contribution in [3.05, 3.63) is 65.7 Å². The van der Waals surface area contributed by atoms with Crippen LogP contribution >= 0.6 is 0 Å². The number of nitrogens with one attached hydrogen (secondary N) is 1. The van der Waals surface area contributed by atoms with Gasteiger partial charge < -0.3 is 5.32 Å². The van der Waals surface area contributed by atoms with Gasteiger partial charge in [0.1, 0.15) is 0 Å². The van der Waals surface area contributed by atoms with Gasteiger partial charge in [-0.05, 0) is 56.0 Å². The first-order chi connectivity index (χ1) is 12.3. The van der Waals surface area contributed by atoms with E-state index in [1.165, 1.54) is 0 Å². The monoisotopic (exact) mass is 348 g/mol. The van der Waals surface area contributed by atoms with E-state index in [9.17, 15) is 4.79 Å². The molecule has 0 spiro atoms. The lowest BCUT2D eigenvalue weighted by Gasteiger charge is -2.17. The van der Waals surface area contributed by atoms with Gasteiger partial charge in [0.25, 0.3) is 5.91 Å². The number of hydrogen-bond donors (Lipinski definition) is 1. The lowest BCUT2D eigenvalue weighted by Crippen LogP contribution is -2.24. The van der Waals surface area contributed by atoms with Crippen molar-refractivity contribution in [3.63, 3.8) is 0 Å². The van der Waals surface area contributed by atoms with Crippen molar-refractivity contribution in [2.75, 3.05) is 0 Å². The van der Waals surface area contributed by atoms with E-state index >= 15 is 0 Å². The smallest absolute Gasteiger partial charge is 0.273 e. The Morgan fingerprint density at radius 2 is 2.08 bits per heavy atom. The summed E-state index contributed by atoms with van der Waals surface area (Å²) in [6.07, 6.45) is 5.08. The van der Waals surface area contributed by atoms with E-state index < -0.39 is 0 Å². The van der Waals surface area contributed by atoms with Gasteiger partial charge in [-0.3, -0.25) is 9.78 Å². The van der Waals surface area contributed by atoms with E-state index in [-0.39, 0.29) is 11.4 Å². The van der Waals surface area contributed by atoms with E-state index in [2.05, 4.69) is 32.7 Å². The van der Waals surface area contributed by atoms with Gasteiger partial charge in [0.05, 0.1) is 11.7 Å². The summed E-state index contributed by atoms with van der Waals surface area (Å²) in [4.78, 5) is 16.3. The molecule has 1 aromatic carbocycles. The van der Waals surface area contributed by atoms with Crippen LogP contribution in [-0.2, 0) is 12.1 Å². The molecule has 0 fully saturated rings. The van der Waals surface area contributed by atoms with Gasteiger partial charge in [-0.25, -0.2) is 4.68 Å². The number of aryl methyl sites for hydroxylation is 1. The summed E-state index contributed by atoms with van der Waals surface area (Å²) < 4.78 is 1.69. The first kappa shape index (κ1) is 17.8. The zero-order valence-electron chi connectivity index (χ0n) is 15.4. The SMILES string of the molecule is Cc1cc(-c2[c]cncc2)ccc1CNC(=O)c1cn(C(C)(C)C)nn1. The molecule has 0 atom stereocenters. The Labute approximate surface area is 153 Å². The molecule has 3 rings (SSSR count). The summed E-state index contributed by atoms with van der Waals surface area (Å²) in [5.41, 5.74) is 4.35. The minimum absolute atomic E-state index is 0.206. The van der Waals surface area contributed by atoms with Crippen molar-refractivity contribution in [2.45, 2.75) is 39.8 Å². The normalized spacial score (nSPS) is 11.4. The first-order valence-electron chi connectivity index (χ1n) is 8.47. The van der Waals surface area contributed by atoms with Gasteiger partial charge in [-0.1, -0.05) is 23.4 Å². The lowest BCUT2D eigenvalue weighted by molar-refractivity contribution is 0.0946. The average molecular weight is 348 g/mol. The Bertz CT molecular complexity index is 909. The van der Waals surface area contributed by atoms with Crippen molar-refractivity contribution in [1.29, 1.82) is 0 Å². The second kappa shape index (κ2) is 7.07. The highest BCUT2D eigenvalue weighted by molar-refractivity contribution is 5.91. The summed E-state index contributed by atoms with van der Waals surface area (Å²) in [5.74, 6) is -0.230. The third-order valence-electron chi connectivity index (χ3n) is 4.13. The summed E-state index contributed by atoms with van der Waals surface area (Å²) in [7, 11) is 0. The molecular formula is C20H22N5O. The summed E-state index contributed by atoms with van der Waals surface area (Å²) in [5, 5.41) is 10.9.